The highest BCUT2D eigenvalue weighted by Gasteiger charge is 2.14. The van der Waals surface area contributed by atoms with E-state index in [2.05, 4.69) is 44.6 Å². The van der Waals surface area contributed by atoms with E-state index in [0.29, 0.717) is 12.2 Å². The second kappa shape index (κ2) is 16.7. The van der Waals surface area contributed by atoms with Crippen LogP contribution in [0.2, 0.25) is 0 Å². The van der Waals surface area contributed by atoms with Gasteiger partial charge in [0.1, 0.15) is 11.4 Å². The minimum Gasteiger partial charge on any atom is -0.493 e. The highest BCUT2D eigenvalue weighted by Crippen LogP contribution is 2.27. The third-order valence-electron chi connectivity index (χ3n) is 6.34. The number of aryl methyl sites for hydroxylation is 1. The predicted octanol–water partition coefficient (Wildman–Crippen LogP) is 5.62. The van der Waals surface area contributed by atoms with Crippen molar-refractivity contribution in [3.63, 3.8) is 0 Å². The summed E-state index contributed by atoms with van der Waals surface area (Å²) in [5.74, 6) is 0.814. The zero-order valence-corrected chi connectivity index (χ0v) is 23.1. The quantitative estimate of drug-likeness (QED) is 0.367. The molecule has 6 rings (SSSR count). The van der Waals surface area contributed by atoms with E-state index in [1.165, 1.54) is 63.2 Å². The number of ether oxygens (including phenoxy) is 1. The van der Waals surface area contributed by atoms with Crippen LogP contribution in [-0.4, -0.2) is 43.0 Å². The van der Waals surface area contributed by atoms with Gasteiger partial charge in [0.25, 0.3) is 0 Å². The molecule has 0 spiro atoms. The smallest absolute Gasteiger partial charge is 0.243 e. The van der Waals surface area contributed by atoms with Crippen LogP contribution in [0, 0.1) is 4.91 Å². The second-order valence-electron chi connectivity index (χ2n) is 9.72. The minimum absolute atomic E-state index is 0.0173. The van der Waals surface area contributed by atoms with Gasteiger partial charge in [0, 0.05) is 13.5 Å². The fraction of sp³-hybridized carbons (Fsp3) is 0.355. The van der Waals surface area contributed by atoms with Crippen molar-refractivity contribution in [1.82, 2.24) is 4.90 Å². The molecule has 0 bridgehead atoms. The maximum Gasteiger partial charge on any atom is 0.243 e. The number of primary amides is 1. The van der Waals surface area contributed by atoms with Crippen LogP contribution < -0.4 is 21.1 Å². The van der Waals surface area contributed by atoms with Crippen molar-refractivity contribution >= 4 is 28.9 Å². The van der Waals surface area contributed by atoms with Gasteiger partial charge in [0.15, 0.2) is 0 Å². The number of carbonyl (C=O) groups excluding carboxylic acids is 2. The Labute approximate surface area is 236 Å². The van der Waals surface area contributed by atoms with Crippen LogP contribution in [0.1, 0.15) is 43.7 Å². The Morgan fingerprint density at radius 1 is 0.950 bits per heavy atom. The molecule has 3 aromatic rings. The first-order valence-electron chi connectivity index (χ1n) is 13.7. The lowest BCUT2D eigenvalue weighted by Crippen LogP contribution is -2.29. The van der Waals surface area contributed by atoms with Gasteiger partial charge < -0.3 is 21.1 Å². The molecule has 2 amide bonds. The molecule has 0 radical (unpaired) electrons. The number of amides is 2. The van der Waals surface area contributed by atoms with Crippen molar-refractivity contribution < 1.29 is 14.3 Å². The molecule has 9 nitrogen and oxygen atoms in total. The summed E-state index contributed by atoms with van der Waals surface area (Å²) in [6.07, 6.45) is 6.48. The van der Waals surface area contributed by atoms with Crippen molar-refractivity contribution in [3.8, 4) is 5.75 Å². The summed E-state index contributed by atoms with van der Waals surface area (Å²) < 4.78 is 5.73. The highest BCUT2D eigenvalue weighted by atomic mass is 16.5. The Kier molecular flexibility index (Phi) is 12.6. The Morgan fingerprint density at radius 2 is 1.62 bits per heavy atom. The van der Waals surface area contributed by atoms with Gasteiger partial charge in [-0.3, -0.25) is 14.5 Å². The minimum atomic E-state index is -0.333. The van der Waals surface area contributed by atoms with Crippen LogP contribution in [0.5, 0.6) is 5.75 Å². The van der Waals surface area contributed by atoms with Crippen molar-refractivity contribution in [2.75, 3.05) is 36.9 Å². The van der Waals surface area contributed by atoms with Gasteiger partial charge in [0.05, 0.1) is 24.5 Å². The SMILES string of the molecule is CC(N)=O.O=C1CNc2ccccc2N1.O=Nc1ccccc1.c1cc2c(cc1CN1CCCCC1)OCCC2. The van der Waals surface area contributed by atoms with Gasteiger partial charge in [-0.05, 0) is 85.4 Å². The van der Waals surface area contributed by atoms with E-state index >= 15 is 0 Å². The molecule has 1 saturated heterocycles. The Hall–Kier alpha value is -4.24. The number of nitroso groups, excluding NO2 is 1. The van der Waals surface area contributed by atoms with Crippen LogP contribution >= 0.6 is 0 Å². The first kappa shape index (κ1) is 30.3. The van der Waals surface area contributed by atoms with Crippen molar-refractivity contribution in [2.45, 2.75) is 45.6 Å². The van der Waals surface area contributed by atoms with Crippen LogP contribution in [-0.2, 0) is 22.6 Å². The lowest BCUT2D eigenvalue weighted by atomic mass is 10.0. The molecule has 0 unspecified atom stereocenters. The molecule has 40 heavy (non-hydrogen) atoms. The fourth-order valence-electron chi connectivity index (χ4n) is 4.46. The molecular weight excluding hydrogens is 506 g/mol. The summed E-state index contributed by atoms with van der Waals surface area (Å²) in [6.45, 7) is 6.18. The van der Waals surface area contributed by atoms with Crippen LogP contribution in [0.4, 0.5) is 17.1 Å². The number of nitrogens with two attached hydrogens (primary N) is 1. The number of nitrogens with zero attached hydrogens (tertiary/aromatic N) is 2. The van der Waals surface area contributed by atoms with E-state index in [4.69, 9.17) is 4.74 Å². The number of hydrogen-bond donors (Lipinski definition) is 3. The lowest BCUT2D eigenvalue weighted by Gasteiger charge is -2.27. The van der Waals surface area contributed by atoms with Crippen molar-refractivity contribution in [1.29, 1.82) is 0 Å². The normalized spacial score (nSPS) is 15.2. The molecule has 3 aliphatic rings. The van der Waals surface area contributed by atoms with Crippen molar-refractivity contribution in [2.24, 2.45) is 10.9 Å². The van der Waals surface area contributed by atoms with E-state index in [0.717, 1.165) is 30.3 Å². The number of hydrogen-bond acceptors (Lipinski definition) is 7. The monoisotopic (exact) mass is 545 g/mol. The van der Waals surface area contributed by atoms with Gasteiger partial charge in [-0.15, -0.1) is 4.91 Å². The standard InChI is InChI=1S/C15H21NO.C8H8N2O.C6H5NO.C2H5NO/c1-2-8-16(9-3-1)12-13-6-7-14-5-4-10-17-15(14)11-13;11-8-5-9-6-3-1-2-4-7(6)10-8;8-7-6-4-2-1-3-5-6;1-2(3)4/h6-7,11H,1-5,8-10,12H2;1-4,9H,5H2,(H,10,11);1-5H;1H3,(H2,3,4). The molecule has 3 aromatic carbocycles. The van der Waals surface area contributed by atoms with Gasteiger partial charge in [0.2, 0.25) is 11.8 Å². The molecule has 4 N–H and O–H groups in total. The summed E-state index contributed by atoms with van der Waals surface area (Å²) in [6, 6.07) is 23.1. The lowest BCUT2D eigenvalue weighted by molar-refractivity contribution is -0.116. The summed E-state index contributed by atoms with van der Waals surface area (Å²) in [5.41, 5.74) is 9.61. The molecule has 1 fully saturated rings. The molecule has 3 aliphatic heterocycles. The van der Waals surface area contributed by atoms with Crippen LogP contribution in [0.25, 0.3) is 0 Å². The van der Waals surface area contributed by atoms with Gasteiger partial charge in [-0.25, -0.2) is 0 Å². The summed E-state index contributed by atoms with van der Waals surface area (Å²) in [4.78, 5) is 32.4. The number of anilines is 2. The average molecular weight is 546 g/mol. The number of rotatable bonds is 3. The maximum absolute atomic E-state index is 10.9. The number of benzene rings is 3. The molecule has 0 saturated carbocycles. The topological polar surface area (TPSA) is 126 Å². The number of carbonyl (C=O) groups is 2. The average Bonchev–Trinajstić information content (AvgIpc) is 2.98. The van der Waals surface area contributed by atoms with E-state index < -0.39 is 0 Å². The third kappa shape index (κ3) is 10.9. The second-order valence-corrected chi connectivity index (χ2v) is 9.72. The summed E-state index contributed by atoms with van der Waals surface area (Å²) in [7, 11) is 0. The summed E-state index contributed by atoms with van der Waals surface area (Å²) in [5, 5.41) is 8.48. The van der Waals surface area contributed by atoms with E-state index in [9.17, 15) is 14.5 Å². The van der Waals surface area contributed by atoms with Gasteiger partial charge >= 0.3 is 0 Å². The Morgan fingerprint density at radius 3 is 2.30 bits per heavy atom. The fourth-order valence-corrected chi connectivity index (χ4v) is 4.46. The van der Waals surface area contributed by atoms with E-state index in [1.54, 1.807) is 24.3 Å². The highest BCUT2D eigenvalue weighted by molar-refractivity contribution is 6.00. The van der Waals surface area contributed by atoms with Crippen LogP contribution in [0.15, 0.2) is 78.0 Å². The third-order valence-corrected chi connectivity index (χ3v) is 6.34. The molecule has 9 heteroatoms. The zero-order chi connectivity index (χ0) is 28.6. The number of para-hydroxylation sites is 2. The molecule has 0 aromatic heterocycles. The van der Waals surface area contributed by atoms with Gasteiger partial charge in [-0.1, -0.05) is 48.9 Å². The number of nitrogens with one attached hydrogen (secondary N) is 2. The van der Waals surface area contributed by atoms with E-state index in [1.807, 2.05) is 30.3 Å². The molecule has 0 atom stereocenters. The molecule has 0 aliphatic carbocycles. The van der Waals surface area contributed by atoms with Crippen LogP contribution in [0.3, 0.4) is 0 Å². The number of likely N-dealkylation sites (tertiary alicyclic amines) is 1. The number of piperidine rings is 1. The first-order chi connectivity index (χ1) is 19.4. The van der Waals surface area contributed by atoms with Crippen molar-refractivity contribution in [3.05, 3.63) is 88.8 Å². The van der Waals surface area contributed by atoms with E-state index in [-0.39, 0.29) is 11.8 Å². The molecular formula is C31H39N5O4. The summed E-state index contributed by atoms with van der Waals surface area (Å²) >= 11 is 0. The largest absolute Gasteiger partial charge is 0.493 e. The molecule has 212 valence electrons. The Balaban J connectivity index is 0.000000165. The predicted molar refractivity (Wildman–Crippen MR) is 160 cm³/mol. The first-order valence-corrected chi connectivity index (χ1v) is 13.7. The number of fused-ring (bicyclic) bond motifs is 2. The zero-order valence-electron chi connectivity index (χ0n) is 23.1. The van der Waals surface area contributed by atoms with Gasteiger partial charge in [-0.2, -0.15) is 0 Å². The molecule has 3 heterocycles. The maximum atomic E-state index is 10.9. The Bertz CT molecular complexity index is 1230.